The van der Waals surface area contributed by atoms with Crippen LogP contribution in [0.15, 0.2) is 29.3 Å². The van der Waals surface area contributed by atoms with E-state index in [0.717, 1.165) is 31.8 Å². The second-order valence-corrected chi connectivity index (χ2v) is 3.82. The molecule has 1 amide bonds. The Kier molecular flexibility index (Phi) is 3.19. The number of aryl methyl sites for hydroxylation is 1. The molecule has 4 heteroatoms. The number of primary amides is 1. The van der Waals surface area contributed by atoms with Crippen molar-refractivity contribution in [1.29, 1.82) is 0 Å². The largest absolute Gasteiger partial charge is 0.372 e. The number of aliphatic imine (C=N–C) groups is 1. The molecule has 4 nitrogen and oxygen atoms in total. The second kappa shape index (κ2) is 4.79. The van der Waals surface area contributed by atoms with Gasteiger partial charge < -0.3 is 11.1 Å². The lowest BCUT2D eigenvalue weighted by atomic mass is 10.1. The van der Waals surface area contributed by atoms with E-state index in [0.29, 0.717) is 5.56 Å². The summed E-state index contributed by atoms with van der Waals surface area (Å²) in [5, 5.41) is 3.23. The molecule has 1 heterocycles. The summed E-state index contributed by atoms with van der Waals surface area (Å²) in [5.41, 5.74) is 6.92. The minimum atomic E-state index is -0.381. The van der Waals surface area contributed by atoms with Crippen molar-refractivity contribution < 1.29 is 4.79 Å². The molecule has 1 aliphatic rings. The molecule has 0 spiro atoms. The van der Waals surface area contributed by atoms with Crippen LogP contribution in [0, 0.1) is 0 Å². The molecule has 0 aliphatic carbocycles. The number of amides is 1. The number of nitrogens with one attached hydrogen (secondary N) is 1. The normalized spacial score (nSPS) is 14.4. The van der Waals surface area contributed by atoms with Gasteiger partial charge in [-0.05, 0) is 24.1 Å². The van der Waals surface area contributed by atoms with Crippen LogP contribution in [-0.4, -0.2) is 24.8 Å². The Morgan fingerprint density at radius 1 is 1.31 bits per heavy atom. The minimum absolute atomic E-state index is 0.381. The molecule has 0 saturated heterocycles. The topological polar surface area (TPSA) is 67.5 Å². The zero-order valence-corrected chi connectivity index (χ0v) is 9.07. The molecule has 1 aliphatic heterocycles. The number of nitrogens with zero attached hydrogens (tertiary/aromatic N) is 1. The predicted octanol–water partition coefficient (Wildman–Crippen LogP) is 0.720. The van der Waals surface area contributed by atoms with Gasteiger partial charge in [-0.1, -0.05) is 12.1 Å². The Labute approximate surface area is 94.6 Å². The Morgan fingerprint density at radius 2 is 2.06 bits per heavy atom. The summed E-state index contributed by atoms with van der Waals surface area (Å²) in [5.74, 6) is 0.701. The van der Waals surface area contributed by atoms with Crippen molar-refractivity contribution in [3.8, 4) is 0 Å². The number of carbonyl (C=O) groups excluding carboxylic acids is 1. The van der Waals surface area contributed by atoms with Crippen LogP contribution in [0.2, 0.25) is 0 Å². The molecule has 0 atom stereocenters. The average molecular weight is 217 g/mol. The molecule has 0 saturated carbocycles. The number of rotatable bonds is 4. The highest BCUT2D eigenvalue weighted by Crippen LogP contribution is 2.07. The number of hydrogen-bond acceptors (Lipinski definition) is 3. The zero-order valence-electron chi connectivity index (χ0n) is 9.07. The van der Waals surface area contributed by atoms with Crippen LogP contribution in [-0.2, 0) is 6.42 Å². The first kappa shape index (κ1) is 10.7. The fourth-order valence-corrected chi connectivity index (χ4v) is 1.71. The fourth-order valence-electron chi connectivity index (χ4n) is 1.71. The third-order valence-corrected chi connectivity index (χ3v) is 2.63. The molecule has 1 aromatic carbocycles. The molecule has 2 rings (SSSR count). The lowest BCUT2D eigenvalue weighted by molar-refractivity contribution is 0.100. The average Bonchev–Trinajstić information content (AvgIpc) is 2.80. The summed E-state index contributed by atoms with van der Waals surface area (Å²) >= 11 is 0. The van der Waals surface area contributed by atoms with Gasteiger partial charge in [0.05, 0.1) is 12.4 Å². The quantitative estimate of drug-likeness (QED) is 0.780. The van der Waals surface area contributed by atoms with Gasteiger partial charge in [-0.3, -0.25) is 9.79 Å². The number of amidine groups is 1. The monoisotopic (exact) mass is 217 g/mol. The molecule has 3 N–H and O–H groups in total. The Morgan fingerprint density at radius 3 is 2.62 bits per heavy atom. The standard InChI is InChI=1S/C12H15N3O/c13-12(16)10-4-1-9(2-5-10)3-6-11-14-7-8-15-11/h1-2,4-5H,3,6-8H2,(H2,13,16)(H,14,15). The van der Waals surface area contributed by atoms with E-state index in [1.54, 1.807) is 12.1 Å². The Balaban J connectivity index is 1.92. The molecule has 0 radical (unpaired) electrons. The van der Waals surface area contributed by atoms with Crippen LogP contribution in [0.4, 0.5) is 0 Å². The van der Waals surface area contributed by atoms with Crippen molar-refractivity contribution in [2.75, 3.05) is 13.1 Å². The summed E-state index contributed by atoms with van der Waals surface area (Å²) < 4.78 is 0. The highest BCUT2D eigenvalue weighted by Gasteiger charge is 2.05. The smallest absolute Gasteiger partial charge is 0.248 e. The summed E-state index contributed by atoms with van der Waals surface area (Å²) in [4.78, 5) is 15.2. The van der Waals surface area contributed by atoms with Crippen molar-refractivity contribution >= 4 is 11.7 Å². The van der Waals surface area contributed by atoms with Crippen LogP contribution in [0.3, 0.4) is 0 Å². The van der Waals surface area contributed by atoms with E-state index >= 15 is 0 Å². The maximum Gasteiger partial charge on any atom is 0.248 e. The molecule has 0 unspecified atom stereocenters. The summed E-state index contributed by atoms with van der Waals surface area (Å²) in [6.45, 7) is 1.84. The van der Waals surface area contributed by atoms with Crippen LogP contribution < -0.4 is 11.1 Å². The van der Waals surface area contributed by atoms with Crippen molar-refractivity contribution in [2.45, 2.75) is 12.8 Å². The van der Waals surface area contributed by atoms with E-state index in [9.17, 15) is 4.79 Å². The number of carbonyl (C=O) groups is 1. The zero-order chi connectivity index (χ0) is 11.4. The SMILES string of the molecule is NC(=O)c1ccc(CCC2=NCCN2)cc1. The van der Waals surface area contributed by atoms with Crippen molar-refractivity contribution in [3.05, 3.63) is 35.4 Å². The number of hydrogen-bond donors (Lipinski definition) is 2. The third-order valence-electron chi connectivity index (χ3n) is 2.63. The number of nitrogens with two attached hydrogens (primary N) is 1. The first-order valence-corrected chi connectivity index (χ1v) is 5.41. The van der Waals surface area contributed by atoms with Gasteiger partial charge in [0.25, 0.3) is 0 Å². The van der Waals surface area contributed by atoms with Gasteiger partial charge in [0, 0.05) is 18.5 Å². The van der Waals surface area contributed by atoms with Crippen molar-refractivity contribution in [1.82, 2.24) is 5.32 Å². The Bertz CT molecular complexity index is 409. The first-order valence-electron chi connectivity index (χ1n) is 5.41. The van der Waals surface area contributed by atoms with Gasteiger partial charge in [0.1, 0.15) is 0 Å². The molecule has 0 aromatic heterocycles. The maximum atomic E-state index is 10.9. The van der Waals surface area contributed by atoms with Gasteiger partial charge in [0.2, 0.25) is 5.91 Å². The molecule has 1 aromatic rings. The minimum Gasteiger partial charge on any atom is -0.372 e. The third kappa shape index (κ3) is 2.59. The lowest BCUT2D eigenvalue weighted by Gasteiger charge is -2.03. The van der Waals surface area contributed by atoms with Gasteiger partial charge >= 0.3 is 0 Å². The highest BCUT2D eigenvalue weighted by molar-refractivity contribution is 5.92. The highest BCUT2D eigenvalue weighted by atomic mass is 16.1. The summed E-state index contributed by atoms with van der Waals surface area (Å²) in [6.07, 6.45) is 1.86. The van der Waals surface area contributed by atoms with Crippen LogP contribution in [0.25, 0.3) is 0 Å². The predicted molar refractivity (Wildman–Crippen MR) is 63.6 cm³/mol. The molecule has 16 heavy (non-hydrogen) atoms. The molecule has 84 valence electrons. The van der Waals surface area contributed by atoms with E-state index < -0.39 is 0 Å². The van der Waals surface area contributed by atoms with E-state index in [4.69, 9.17) is 5.73 Å². The molecule has 0 bridgehead atoms. The van der Waals surface area contributed by atoms with Crippen LogP contribution in [0.1, 0.15) is 22.3 Å². The second-order valence-electron chi connectivity index (χ2n) is 3.82. The van der Waals surface area contributed by atoms with E-state index in [1.165, 1.54) is 5.56 Å². The number of benzene rings is 1. The van der Waals surface area contributed by atoms with Gasteiger partial charge in [-0.25, -0.2) is 0 Å². The van der Waals surface area contributed by atoms with E-state index in [1.807, 2.05) is 12.1 Å². The van der Waals surface area contributed by atoms with Crippen LogP contribution in [0.5, 0.6) is 0 Å². The Hall–Kier alpha value is -1.84. The summed E-state index contributed by atoms with van der Waals surface area (Å²) in [7, 11) is 0. The lowest BCUT2D eigenvalue weighted by Crippen LogP contribution is -2.18. The molecular weight excluding hydrogens is 202 g/mol. The first-order chi connectivity index (χ1) is 7.75. The van der Waals surface area contributed by atoms with Gasteiger partial charge in [-0.15, -0.1) is 0 Å². The summed E-state index contributed by atoms with van der Waals surface area (Å²) in [6, 6.07) is 7.41. The van der Waals surface area contributed by atoms with Gasteiger partial charge in [-0.2, -0.15) is 0 Å². The van der Waals surface area contributed by atoms with E-state index in [-0.39, 0.29) is 5.91 Å². The van der Waals surface area contributed by atoms with E-state index in [2.05, 4.69) is 10.3 Å². The van der Waals surface area contributed by atoms with Crippen LogP contribution >= 0.6 is 0 Å². The van der Waals surface area contributed by atoms with Crippen molar-refractivity contribution in [2.24, 2.45) is 10.7 Å². The maximum absolute atomic E-state index is 10.9. The van der Waals surface area contributed by atoms with Gasteiger partial charge in [0.15, 0.2) is 0 Å². The fraction of sp³-hybridized carbons (Fsp3) is 0.333. The van der Waals surface area contributed by atoms with Crippen molar-refractivity contribution in [3.63, 3.8) is 0 Å². The molecule has 0 fully saturated rings. The molecular formula is C12H15N3O.